The summed E-state index contributed by atoms with van der Waals surface area (Å²) in [6.45, 7) is 3.92. The largest absolute Gasteiger partial charge is 0.507 e. The number of methoxy groups -OCH3 is 2. The number of hydrogen-bond acceptors (Lipinski definition) is 6. The van der Waals surface area contributed by atoms with E-state index >= 15 is 0 Å². The molecule has 0 aromatic heterocycles. The van der Waals surface area contributed by atoms with Gasteiger partial charge in [-0.1, -0.05) is 35.3 Å². The predicted octanol–water partition coefficient (Wildman–Crippen LogP) is 6.34. The Morgan fingerprint density at radius 1 is 0.946 bits per heavy atom. The first-order valence-electron chi connectivity index (χ1n) is 11.4. The van der Waals surface area contributed by atoms with Crippen LogP contribution in [0.25, 0.3) is 5.76 Å². The number of amides is 1. The van der Waals surface area contributed by atoms with Crippen LogP contribution in [0.3, 0.4) is 0 Å². The summed E-state index contributed by atoms with van der Waals surface area (Å²) in [7, 11) is 3.00. The second-order valence-electron chi connectivity index (χ2n) is 8.25. The molecule has 1 fully saturated rings. The van der Waals surface area contributed by atoms with E-state index in [4.69, 9.17) is 37.4 Å². The van der Waals surface area contributed by atoms with Crippen molar-refractivity contribution in [2.45, 2.75) is 19.9 Å². The van der Waals surface area contributed by atoms with Crippen LogP contribution in [0.1, 0.15) is 29.7 Å². The van der Waals surface area contributed by atoms with Crippen molar-refractivity contribution in [1.29, 1.82) is 0 Å². The Morgan fingerprint density at radius 2 is 1.68 bits per heavy atom. The Labute approximate surface area is 224 Å². The van der Waals surface area contributed by atoms with E-state index < -0.39 is 17.7 Å². The van der Waals surface area contributed by atoms with Gasteiger partial charge in [0.05, 0.1) is 37.5 Å². The van der Waals surface area contributed by atoms with Crippen LogP contribution >= 0.6 is 23.2 Å². The number of aliphatic hydroxyl groups is 1. The molecule has 1 aliphatic heterocycles. The number of hydrogen-bond donors (Lipinski definition) is 1. The summed E-state index contributed by atoms with van der Waals surface area (Å²) in [6, 6.07) is 13.8. The van der Waals surface area contributed by atoms with Gasteiger partial charge < -0.3 is 19.3 Å². The van der Waals surface area contributed by atoms with Crippen LogP contribution in [0.2, 0.25) is 10.0 Å². The van der Waals surface area contributed by atoms with Gasteiger partial charge in [-0.15, -0.1) is 0 Å². The van der Waals surface area contributed by atoms with E-state index in [2.05, 4.69) is 0 Å². The lowest BCUT2D eigenvalue weighted by atomic mass is 9.94. The summed E-state index contributed by atoms with van der Waals surface area (Å²) >= 11 is 12.6. The van der Waals surface area contributed by atoms with Crippen molar-refractivity contribution in [3.05, 3.63) is 86.9 Å². The Hall–Kier alpha value is -3.68. The fraction of sp³-hybridized carbons (Fsp3) is 0.214. The number of benzene rings is 3. The number of carbonyl (C=O) groups is 2. The standard InChI is InChI=1S/C28H25Cl2NO6/c1-5-37-22-14-17(9-11-19(22)30)26(32)24-25(16-10-12-21(35-3)23(13-16)36-4)31(28(34)27(24)33)20-8-6-7-18(29)15(20)2/h6-14,25,32H,5H2,1-4H3/b26-24+. The van der Waals surface area contributed by atoms with Crippen LogP contribution in [-0.2, 0) is 9.59 Å². The molecule has 0 aliphatic carbocycles. The number of anilines is 1. The maximum Gasteiger partial charge on any atom is 0.300 e. The van der Waals surface area contributed by atoms with Crippen molar-refractivity contribution < 1.29 is 28.9 Å². The maximum atomic E-state index is 13.5. The van der Waals surface area contributed by atoms with E-state index in [-0.39, 0.29) is 16.9 Å². The SMILES string of the molecule is CCOc1cc(/C(O)=C2\C(=O)C(=O)N(c3cccc(Cl)c3C)C2c2ccc(OC)c(OC)c2)ccc1Cl. The molecule has 7 nitrogen and oxygen atoms in total. The Morgan fingerprint density at radius 3 is 2.35 bits per heavy atom. The zero-order chi connectivity index (χ0) is 26.9. The monoisotopic (exact) mass is 541 g/mol. The molecule has 1 amide bonds. The van der Waals surface area contributed by atoms with Crippen LogP contribution in [0.5, 0.6) is 17.2 Å². The number of aliphatic hydroxyl groups excluding tert-OH is 1. The third-order valence-corrected chi connectivity index (χ3v) is 6.89. The van der Waals surface area contributed by atoms with Crippen molar-refractivity contribution in [1.82, 2.24) is 0 Å². The highest BCUT2D eigenvalue weighted by atomic mass is 35.5. The molecule has 192 valence electrons. The average molecular weight is 542 g/mol. The highest BCUT2D eigenvalue weighted by Crippen LogP contribution is 2.46. The number of nitrogens with zero attached hydrogens (tertiary/aromatic N) is 1. The number of carbonyl (C=O) groups excluding carboxylic acids is 2. The van der Waals surface area contributed by atoms with Gasteiger partial charge >= 0.3 is 0 Å². The van der Waals surface area contributed by atoms with Crippen molar-refractivity contribution in [2.24, 2.45) is 0 Å². The molecule has 0 saturated carbocycles. The maximum absolute atomic E-state index is 13.5. The van der Waals surface area contributed by atoms with Gasteiger partial charge in [0.15, 0.2) is 11.5 Å². The quantitative estimate of drug-likeness (QED) is 0.213. The smallest absolute Gasteiger partial charge is 0.300 e. The minimum atomic E-state index is -0.983. The first-order valence-corrected chi connectivity index (χ1v) is 12.2. The molecule has 0 bridgehead atoms. The summed E-state index contributed by atoms with van der Waals surface area (Å²) in [4.78, 5) is 28.3. The molecule has 4 rings (SSSR count). The number of ketones is 1. The lowest BCUT2D eigenvalue weighted by Crippen LogP contribution is -2.30. The Bertz CT molecular complexity index is 1420. The number of rotatable bonds is 7. The van der Waals surface area contributed by atoms with E-state index in [1.807, 2.05) is 0 Å². The van der Waals surface area contributed by atoms with Gasteiger partial charge in [-0.3, -0.25) is 14.5 Å². The highest BCUT2D eigenvalue weighted by molar-refractivity contribution is 6.52. The summed E-state index contributed by atoms with van der Waals surface area (Å²) in [6.07, 6.45) is 0. The molecule has 1 aliphatic rings. The van der Waals surface area contributed by atoms with E-state index in [0.717, 1.165) is 0 Å². The van der Waals surface area contributed by atoms with Crippen molar-refractivity contribution in [3.63, 3.8) is 0 Å². The third kappa shape index (κ3) is 4.72. The second kappa shape index (κ2) is 10.7. The molecule has 1 N–H and O–H groups in total. The predicted molar refractivity (Wildman–Crippen MR) is 143 cm³/mol. The lowest BCUT2D eigenvalue weighted by molar-refractivity contribution is -0.132. The molecule has 1 saturated heterocycles. The van der Waals surface area contributed by atoms with Gasteiger partial charge in [0.2, 0.25) is 0 Å². The second-order valence-corrected chi connectivity index (χ2v) is 9.06. The molecule has 0 spiro atoms. The molecule has 1 unspecified atom stereocenters. The van der Waals surface area contributed by atoms with Gasteiger partial charge in [-0.2, -0.15) is 0 Å². The van der Waals surface area contributed by atoms with Crippen LogP contribution in [0.4, 0.5) is 5.69 Å². The average Bonchev–Trinajstić information content (AvgIpc) is 3.16. The summed E-state index contributed by atoms with van der Waals surface area (Å²) in [5.74, 6) is -0.788. The van der Waals surface area contributed by atoms with Gasteiger partial charge in [0, 0.05) is 16.3 Å². The minimum absolute atomic E-state index is 0.0960. The van der Waals surface area contributed by atoms with Gasteiger partial charge in [-0.05, 0) is 67.4 Å². The molecule has 3 aromatic rings. The fourth-order valence-electron chi connectivity index (χ4n) is 4.35. The fourth-order valence-corrected chi connectivity index (χ4v) is 4.69. The molecular weight excluding hydrogens is 517 g/mol. The van der Waals surface area contributed by atoms with E-state index in [1.54, 1.807) is 62.4 Å². The number of ether oxygens (including phenoxy) is 3. The van der Waals surface area contributed by atoms with Crippen molar-refractivity contribution in [2.75, 3.05) is 25.7 Å². The van der Waals surface area contributed by atoms with Crippen LogP contribution in [0.15, 0.2) is 60.2 Å². The molecule has 9 heteroatoms. The minimum Gasteiger partial charge on any atom is -0.507 e. The summed E-state index contributed by atoms with van der Waals surface area (Å²) in [5.41, 5.74) is 1.76. The first-order chi connectivity index (χ1) is 17.7. The van der Waals surface area contributed by atoms with Gasteiger partial charge in [0.25, 0.3) is 11.7 Å². The van der Waals surface area contributed by atoms with Crippen LogP contribution in [-0.4, -0.2) is 37.6 Å². The lowest BCUT2D eigenvalue weighted by Gasteiger charge is -2.27. The van der Waals surface area contributed by atoms with Gasteiger partial charge in [0.1, 0.15) is 11.5 Å². The highest BCUT2D eigenvalue weighted by Gasteiger charge is 2.47. The molecule has 3 aromatic carbocycles. The Balaban J connectivity index is 2.00. The number of Topliss-reactive ketones (excluding diaryl/α,β-unsaturated/α-hetero) is 1. The van der Waals surface area contributed by atoms with Crippen molar-refractivity contribution in [3.8, 4) is 17.2 Å². The molecular formula is C28H25Cl2NO6. The van der Waals surface area contributed by atoms with E-state index in [1.165, 1.54) is 25.2 Å². The molecule has 1 heterocycles. The Kier molecular flexibility index (Phi) is 7.66. The molecule has 37 heavy (non-hydrogen) atoms. The summed E-state index contributed by atoms with van der Waals surface area (Å²) < 4.78 is 16.4. The van der Waals surface area contributed by atoms with E-state index in [0.29, 0.717) is 50.7 Å². The zero-order valence-electron chi connectivity index (χ0n) is 20.7. The molecule has 1 atom stereocenters. The summed E-state index contributed by atoms with van der Waals surface area (Å²) in [5, 5.41) is 12.2. The molecule has 0 radical (unpaired) electrons. The van der Waals surface area contributed by atoms with Crippen LogP contribution < -0.4 is 19.1 Å². The third-order valence-electron chi connectivity index (χ3n) is 6.17. The van der Waals surface area contributed by atoms with Crippen LogP contribution in [0, 0.1) is 6.92 Å². The first kappa shape index (κ1) is 26.4. The van der Waals surface area contributed by atoms with E-state index in [9.17, 15) is 14.7 Å². The van der Waals surface area contributed by atoms with Gasteiger partial charge in [-0.25, -0.2) is 0 Å². The zero-order valence-corrected chi connectivity index (χ0v) is 22.2. The topological polar surface area (TPSA) is 85.3 Å². The van der Waals surface area contributed by atoms with Crippen molar-refractivity contribution >= 4 is 46.3 Å². The normalized spacial score (nSPS) is 16.7. The number of halogens is 2.